The maximum atomic E-state index is 13.1. The first-order valence-electron chi connectivity index (χ1n) is 7.42. The summed E-state index contributed by atoms with van der Waals surface area (Å²) in [7, 11) is -2.28. The maximum absolute atomic E-state index is 13.1. The molecule has 2 aromatic rings. The Morgan fingerprint density at radius 1 is 1.33 bits per heavy atom. The molecule has 0 bridgehead atoms. The number of primary amides is 1. The van der Waals surface area contributed by atoms with Crippen LogP contribution in [0.25, 0.3) is 0 Å². The second-order valence-electron chi connectivity index (χ2n) is 5.47. The molecule has 0 fully saturated rings. The molecule has 2 rings (SSSR count). The second kappa shape index (κ2) is 6.74. The molecular weight excluding hydrogens is 333 g/mol. The van der Waals surface area contributed by atoms with Crippen molar-refractivity contribution < 1.29 is 17.6 Å². The van der Waals surface area contributed by atoms with Crippen molar-refractivity contribution in [1.82, 2.24) is 8.87 Å². The molecule has 130 valence electrons. The average molecular weight is 353 g/mol. The van der Waals surface area contributed by atoms with Crippen molar-refractivity contribution in [3.8, 4) is 0 Å². The highest BCUT2D eigenvalue weighted by Gasteiger charge is 2.30. The van der Waals surface area contributed by atoms with E-state index in [0.29, 0.717) is 5.56 Å². The SMILES string of the molecule is CCN([C@H](C)c1ccc(F)cc1)S(=O)(=O)c1cc(C(N)=O)n(C)c1. The van der Waals surface area contributed by atoms with Crippen molar-refractivity contribution in [1.29, 1.82) is 0 Å². The molecule has 6 nitrogen and oxygen atoms in total. The van der Waals surface area contributed by atoms with Gasteiger partial charge in [-0.15, -0.1) is 0 Å². The van der Waals surface area contributed by atoms with Crippen LogP contribution in [-0.4, -0.2) is 29.7 Å². The van der Waals surface area contributed by atoms with Crippen LogP contribution >= 0.6 is 0 Å². The summed E-state index contributed by atoms with van der Waals surface area (Å²) in [6, 6.07) is 6.46. The predicted octanol–water partition coefficient (Wildman–Crippen LogP) is 2.03. The van der Waals surface area contributed by atoms with Gasteiger partial charge < -0.3 is 10.3 Å². The van der Waals surface area contributed by atoms with Crippen LogP contribution in [0.15, 0.2) is 41.4 Å². The number of nitrogens with two attached hydrogens (primary N) is 1. The van der Waals surface area contributed by atoms with E-state index in [2.05, 4.69) is 0 Å². The third-order valence-electron chi connectivity index (χ3n) is 3.93. The largest absolute Gasteiger partial charge is 0.364 e. The first kappa shape index (κ1) is 18.2. The van der Waals surface area contributed by atoms with Gasteiger partial charge in [-0.1, -0.05) is 19.1 Å². The molecule has 0 unspecified atom stereocenters. The van der Waals surface area contributed by atoms with Crippen LogP contribution in [0, 0.1) is 5.82 Å². The van der Waals surface area contributed by atoms with E-state index < -0.39 is 22.0 Å². The molecule has 1 aromatic carbocycles. The Kier molecular flexibility index (Phi) is 5.10. The third kappa shape index (κ3) is 3.34. The Labute approximate surface area is 140 Å². The summed E-state index contributed by atoms with van der Waals surface area (Å²) in [6.45, 7) is 3.67. The van der Waals surface area contributed by atoms with Gasteiger partial charge in [0.05, 0.1) is 0 Å². The van der Waals surface area contributed by atoms with Crippen molar-refractivity contribution in [3.63, 3.8) is 0 Å². The quantitative estimate of drug-likeness (QED) is 0.862. The lowest BCUT2D eigenvalue weighted by Crippen LogP contribution is -2.33. The van der Waals surface area contributed by atoms with Crippen molar-refractivity contribution in [3.05, 3.63) is 53.6 Å². The van der Waals surface area contributed by atoms with Crippen LogP contribution in [0.2, 0.25) is 0 Å². The summed E-state index contributed by atoms with van der Waals surface area (Å²) >= 11 is 0. The second-order valence-corrected chi connectivity index (χ2v) is 7.36. The molecule has 2 N–H and O–H groups in total. The maximum Gasteiger partial charge on any atom is 0.265 e. The fourth-order valence-electron chi connectivity index (χ4n) is 2.62. The zero-order valence-corrected chi connectivity index (χ0v) is 14.5. The smallest absolute Gasteiger partial charge is 0.265 e. The highest BCUT2D eigenvalue weighted by atomic mass is 32.2. The number of carbonyl (C=O) groups excluding carboxylic acids is 1. The number of carbonyl (C=O) groups is 1. The Morgan fingerprint density at radius 2 is 1.92 bits per heavy atom. The first-order chi connectivity index (χ1) is 11.2. The van der Waals surface area contributed by atoms with E-state index in [4.69, 9.17) is 5.73 Å². The lowest BCUT2D eigenvalue weighted by Gasteiger charge is -2.27. The molecule has 1 amide bonds. The number of amides is 1. The van der Waals surface area contributed by atoms with E-state index in [0.717, 1.165) is 0 Å². The zero-order chi connectivity index (χ0) is 18.1. The highest BCUT2D eigenvalue weighted by Crippen LogP contribution is 2.28. The molecule has 0 spiro atoms. The van der Waals surface area contributed by atoms with Crippen LogP contribution in [0.3, 0.4) is 0 Å². The molecule has 0 radical (unpaired) electrons. The van der Waals surface area contributed by atoms with Gasteiger partial charge in [0.25, 0.3) is 5.91 Å². The van der Waals surface area contributed by atoms with Crippen LogP contribution in [0.1, 0.15) is 35.9 Å². The van der Waals surface area contributed by atoms with E-state index in [1.807, 2.05) is 0 Å². The Morgan fingerprint density at radius 3 is 2.38 bits per heavy atom. The van der Waals surface area contributed by atoms with Gasteiger partial charge in [-0.25, -0.2) is 12.8 Å². The molecule has 0 saturated carbocycles. The van der Waals surface area contributed by atoms with Crippen LogP contribution < -0.4 is 5.73 Å². The minimum absolute atomic E-state index is 0.00499. The molecule has 0 aliphatic carbocycles. The minimum atomic E-state index is -3.83. The number of hydrogen-bond acceptors (Lipinski definition) is 3. The van der Waals surface area contributed by atoms with Gasteiger partial charge in [0.1, 0.15) is 16.4 Å². The molecule has 1 aromatic heterocycles. The average Bonchev–Trinajstić information content (AvgIpc) is 2.91. The molecule has 0 aliphatic heterocycles. The lowest BCUT2D eigenvalue weighted by atomic mass is 10.1. The highest BCUT2D eigenvalue weighted by molar-refractivity contribution is 7.89. The van der Waals surface area contributed by atoms with Crippen molar-refractivity contribution >= 4 is 15.9 Å². The standard InChI is InChI=1S/C16H20FN3O3S/c1-4-20(11(2)12-5-7-13(17)8-6-12)24(22,23)14-9-15(16(18)21)19(3)10-14/h5-11H,4H2,1-3H3,(H2,18,21)/t11-/m1/s1. The number of aryl methyl sites for hydroxylation is 1. The zero-order valence-electron chi connectivity index (χ0n) is 13.7. The van der Waals surface area contributed by atoms with Crippen molar-refractivity contribution in [2.75, 3.05) is 6.54 Å². The fourth-order valence-corrected chi connectivity index (χ4v) is 4.32. The van der Waals surface area contributed by atoms with Gasteiger partial charge >= 0.3 is 0 Å². The molecule has 1 heterocycles. The number of benzene rings is 1. The topological polar surface area (TPSA) is 85.4 Å². The van der Waals surface area contributed by atoms with Crippen molar-refractivity contribution in [2.24, 2.45) is 12.8 Å². The number of hydrogen-bond donors (Lipinski definition) is 1. The van der Waals surface area contributed by atoms with Gasteiger partial charge in [0, 0.05) is 25.8 Å². The minimum Gasteiger partial charge on any atom is -0.364 e. The van der Waals surface area contributed by atoms with Crippen molar-refractivity contribution in [2.45, 2.75) is 24.8 Å². The van der Waals surface area contributed by atoms with Gasteiger partial charge in [0.2, 0.25) is 10.0 Å². The van der Waals surface area contributed by atoms with Gasteiger partial charge in [0.15, 0.2) is 0 Å². The van der Waals surface area contributed by atoms with E-state index in [-0.39, 0.29) is 23.0 Å². The summed E-state index contributed by atoms with van der Waals surface area (Å²) in [4.78, 5) is 11.3. The summed E-state index contributed by atoms with van der Waals surface area (Å²) in [5.74, 6) is -1.08. The lowest BCUT2D eigenvalue weighted by molar-refractivity contribution is 0.0992. The summed E-state index contributed by atoms with van der Waals surface area (Å²) in [5.41, 5.74) is 6.03. The third-order valence-corrected chi connectivity index (χ3v) is 5.95. The molecule has 0 aliphatic rings. The molecular formula is C16H20FN3O3S. The van der Waals surface area contributed by atoms with Gasteiger partial charge in [-0.2, -0.15) is 4.31 Å². The Bertz CT molecular complexity index is 844. The summed E-state index contributed by atoms with van der Waals surface area (Å²) in [5, 5.41) is 0. The summed E-state index contributed by atoms with van der Waals surface area (Å²) in [6.07, 6.45) is 1.36. The summed E-state index contributed by atoms with van der Waals surface area (Å²) < 4.78 is 41.6. The number of sulfonamides is 1. The first-order valence-corrected chi connectivity index (χ1v) is 8.86. The molecule has 0 saturated heterocycles. The van der Waals surface area contributed by atoms with Gasteiger partial charge in [-0.05, 0) is 30.7 Å². The van der Waals surface area contributed by atoms with E-state index in [9.17, 15) is 17.6 Å². The van der Waals surface area contributed by atoms with Crippen LogP contribution in [-0.2, 0) is 17.1 Å². The Hall–Kier alpha value is -2.19. The van der Waals surface area contributed by atoms with Gasteiger partial charge in [-0.3, -0.25) is 4.79 Å². The van der Waals surface area contributed by atoms with Crippen LogP contribution in [0.5, 0.6) is 0 Å². The predicted molar refractivity (Wildman–Crippen MR) is 88.3 cm³/mol. The number of nitrogens with zero attached hydrogens (tertiary/aromatic N) is 2. The normalized spacial score (nSPS) is 13.2. The Balaban J connectivity index is 2.42. The van der Waals surface area contributed by atoms with Crippen LogP contribution in [0.4, 0.5) is 4.39 Å². The molecule has 24 heavy (non-hydrogen) atoms. The van der Waals surface area contributed by atoms with E-state index >= 15 is 0 Å². The molecule has 1 atom stereocenters. The monoisotopic (exact) mass is 353 g/mol. The number of halogens is 1. The van der Waals surface area contributed by atoms with E-state index in [1.165, 1.54) is 33.3 Å². The number of rotatable bonds is 6. The number of aromatic nitrogens is 1. The fraction of sp³-hybridized carbons (Fsp3) is 0.312. The molecule has 8 heteroatoms. The van der Waals surface area contributed by atoms with E-state index in [1.54, 1.807) is 33.0 Å².